The van der Waals surface area contributed by atoms with Crippen LogP contribution >= 0.6 is 0 Å². The Labute approximate surface area is 247 Å². The number of isocyanates is 1. The molecule has 3 rings (SSSR count). The normalized spacial score (nSPS) is 18.0. The molecule has 0 saturated carbocycles. The van der Waals surface area contributed by atoms with Crippen molar-refractivity contribution in [2.45, 2.75) is 111 Å². The molecule has 3 saturated heterocycles. The van der Waals surface area contributed by atoms with Gasteiger partial charge in [-0.05, 0) is 77.2 Å². The molecule has 0 atom stereocenters. The van der Waals surface area contributed by atoms with Crippen molar-refractivity contribution in [3.05, 3.63) is 0 Å². The number of aliphatic hydroxyl groups is 2. The van der Waals surface area contributed by atoms with Gasteiger partial charge in [-0.25, -0.2) is 9.79 Å². The lowest BCUT2D eigenvalue weighted by atomic mass is 10.1. The van der Waals surface area contributed by atoms with Crippen LogP contribution in [0.5, 0.6) is 0 Å². The highest BCUT2D eigenvalue weighted by molar-refractivity contribution is 6.71. The van der Waals surface area contributed by atoms with Gasteiger partial charge in [0.1, 0.15) is 0 Å². The number of carboxylic acids is 1. The molecule has 12 nitrogen and oxygen atoms in total. The molecule has 3 aliphatic rings. The SMILES string of the molecule is C.CC(=O)N1CCC(O)CC1.CC(=O)N1CCC(O[Si](C)(C)CCCN=C=O)CC1.CC(=O)O.OC1CCNCC1. The number of piperidine rings is 3. The first-order valence-corrected chi connectivity index (χ1v) is 17.4. The summed E-state index contributed by atoms with van der Waals surface area (Å²) in [4.78, 5) is 48.2. The number of hydrogen-bond acceptors (Lipinski definition) is 9. The molecule has 41 heavy (non-hydrogen) atoms. The fourth-order valence-corrected chi connectivity index (χ4v) is 6.68. The Morgan fingerprint density at radius 2 is 1.29 bits per heavy atom. The second-order valence-corrected chi connectivity index (χ2v) is 15.2. The maximum atomic E-state index is 11.2. The van der Waals surface area contributed by atoms with Crippen LogP contribution in [0, 0.1) is 0 Å². The Balaban J connectivity index is 0. The number of carbonyl (C=O) groups excluding carboxylic acids is 3. The molecule has 0 aromatic carbocycles. The van der Waals surface area contributed by atoms with Crippen molar-refractivity contribution in [1.29, 1.82) is 0 Å². The van der Waals surface area contributed by atoms with Crippen LogP contribution in [0.1, 0.15) is 73.1 Å². The molecule has 240 valence electrons. The average molecular weight is 605 g/mol. The number of carboxylic acid groups (broad SMARTS) is 1. The molecule has 3 heterocycles. The molecule has 0 aromatic rings. The Morgan fingerprint density at radius 1 is 0.878 bits per heavy atom. The lowest BCUT2D eigenvalue weighted by Crippen LogP contribution is -2.44. The van der Waals surface area contributed by atoms with Gasteiger partial charge in [-0.1, -0.05) is 7.43 Å². The molecule has 0 aliphatic carbocycles. The molecule has 0 unspecified atom stereocenters. The summed E-state index contributed by atoms with van der Waals surface area (Å²) in [6.45, 7) is 14.2. The van der Waals surface area contributed by atoms with Gasteiger partial charge in [-0.15, -0.1) is 0 Å². The number of likely N-dealkylation sites (tertiary alicyclic amines) is 2. The molecular formula is C28H56N4O8Si. The third kappa shape index (κ3) is 23.1. The van der Waals surface area contributed by atoms with Gasteiger partial charge in [0.05, 0.1) is 18.8 Å². The van der Waals surface area contributed by atoms with Crippen LogP contribution in [0.15, 0.2) is 4.99 Å². The van der Waals surface area contributed by atoms with Crippen molar-refractivity contribution in [3.63, 3.8) is 0 Å². The largest absolute Gasteiger partial charge is 0.481 e. The first kappa shape index (κ1) is 41.0. The van der Waals surface area contributed by atoms with Crippen LogP contribution in [0.25, 0.3) is 0 Å². The number of aliphatic hydroxyl groups excluding tert-OH is 2. The standard InChI is InChI=1S/C13H24N2O3Si.C7H13NO2.C5H11NO.C2H4O2.CH4/c1-12(17)15-8-5-13(6-9-15)18-19(2,3)10-4-7-14-11-16;1-6(9)8-4-2-7(10)3-5-8;7-5-1-3-6-4-2-5;1-2(3)4;/h13H,4-10H2,1-3H3;7,10H,2-5H2,1H3;5-7H,1-4H2;1H3,(H,3,4);1H4. The Hall–Kier alpha value is -2.15. The number of nitrogens with one attached hydrogen (secondary N) is 1. The summed E-state index contributed by atoms with van der Waals surface area (Å²) < 4.78 is 6.25. The summed E-state index contributed by atoms with van der Waals surface area (Å²) in [7, 11) is -1.68. The van der Waals surface area contributed by atoms with E-state index in [1.807, 2.05) is 4.90 Å². The van der Waals surface area contributed by atoms with Crippen molar-refractivity contribution in [2.24, 2.45) is 4.99 Å². The lowest BCUT2D eigenvalue weighted by molar-refractivity contribution is -0.134. The molecule has 4 N–H and O–H groups in total. The second-order valence-electron chi connectivity index (χ2n) is 10.9. The Bertz CT molecular complexity index is 769. The summed E-state index contributed by atoms with van der Waals surface area (Å²) >= 11 is 0. The van der Waals surface area contributed by atoms with Crippen molar-refractivity contribution in [1.82, 2.24) is 15.1 Å². The monoisotopic (exact) mass is 604 g/mol. The summed E-state index contributed by atoms with van der Waals surface area (Å²) in [5.41, 5.74) is 0. The van der Waals surface area contributed by atoms with Gasteiger partial charge in [-0.3, -0.25) is 14.4 Å². The van der Waals surface area contributed by atoms with Gasteiger partial charge >= 0.3 is 0 Å². The number of amides is 2. The molecule has 0 bridgehead atoms. The summed E-state index contributed by atoms with van der Waals surface area (Å²) in [5.74, 6) is -0.562. The van der Waals surface area contributed by atoms with E-state index in [1.54, 1.807) is 24.8 Å². The maximum Gasteiger partial charge on any atom is 0.300 e. The Morgan fingerprint density at radius 3 is 1.66 bits per heavy atom. The minimum absolute atomic E-state index is 0. The van der Waals surface area contributed by atoms with E-state index in [0.29, 0.717) is 6.54 Å². The molecular weight excluding hydrogens is 548 g/mol. The number of hydrogen-bond donors (Lipinski definition) is 4. The van der Waals surface area contributed by atoms with E-state index in [1.165, 1.54) is 0 Å². The van der Waals surface area contributed by atoms with Gasteiger partial charge in [0.25, 0.3) is 5.97 Å². The third-order valence-electron chi connectivity index (χ3n) is 6.70. The molecule has 0 aromatic heterocycles. The predicted octanol–water partition coefficient (Wildman–Crippen LogP) is 2.39. The molecule has 3 aliphatic heterocycles. The van der Waals surface area contributed by atoms with Crippen LogP contribution in [0.3, 0.4) is 0 Å². The number of aliphatic imine (C=N–C) groups is 1. The molecule has 3 fully saturated rings. The highest BCUT2D eigenvalue weighted by Gasteiger charge is 2.29. The second kappa shape index (κ2) is 23.4. The third-order valence-corrected chi connectivity index (χ3v) is 9.23. The highest BCUT2D eigenvalue weighted by atomic mass is 28.4. The topological polar surface area (TPSA) is 169 Å². The lowest BCUT2D eigenvalue weighted by Gasteiger charge is -2.36. The zero-order valence-corrected chi connectivity index (χ0v) is 26.1. The van der Waals surface area contributed by atoms with E-state index >= 15 is 0 Å². The van der Waals surface area contributed by atoms with Crippen molar-refractivity contribution in [3.8, 4) is 0 Å². The Kier molecular flexibility index (Phi) is 23.4. The highest BCUT2D eigenvalue weighted by Crippen LogP contribution is 2.22. The zero-order chi connectivity index (χ0) is 30.6. The molecule has 13 heteroatoms. The van der Waals surface area contributed by atoms with Crippen LogP contribution in [0.2, 0.25) is 19.1 Å². The minimum atomic E-state index is -1.68. The first-order valence-electron chi connectivity index (χ1n) is 14.3. The van der Waals surface area contributed by atoms with E-state index in [9.17, 15) is 14.4 Å². The van der Waals surface area contributed by atoms with E-state index in [-0.39, 0.29) is 37.6 Å². The van der Waals surface area contributed by atoms with Gasteiger partial charge in [0.2, 0.25) is 17.9 Å². The van der Waals surface area contributed by atoms with Crippen molar-refractivity contribution < 1.29 is 38.9 Å². The number of nitrogens with zero attached hydrogens (tertiary/aromatic N) is 3. The van der Waals surface area contributed by atoms with E-state index in [4.69, 9.17) is 24.5 Å². The molecule has 2 amide bonds. The van der Waals surface area contributed by atoms with Gasteiger partial charge < -0.3 is 34.9 Å². The van der Waals surface area contributed by atoms with E-state index in [2.05, 4.69) is 23.4 Å². The summed E-state index contributed by atoms with van der Waals surface area (Å²) in [6, 6.07) is 1.01. The van der Waals surface area contributed by atoms with Crippen LogP contribution in [-0.4, -0.2) is 121 Å². The maximum absolute atomic E-state index is 11.2. The van der Waals surface area contributed by atoms with Gasteiger partial charge in [-0.2, -0.15) is 0 Å². The quantitative estimate of drug-likeness (QED) is 0.154. The van der Waals surface area contributed by atoms with Crippen LogP contribution < -0.4 is 5.32 Å². The zero-order valence-electron chi connectivity index (χ0n) is 25.1. The fourth-order valence-electron chi connectivity index (χ4n) is 4.42. The van der Waals surface area contributed by atoms with E-state index < -0.39 is 14.3 Å². The van der Waals surface area contributed by atoms with Crippen LogP contribution in [-0.2, 0) is 23.6 Å². The van der Waals surface area contributed by atoms with Crippen LogP contribution in [0.4, 0.5) is 0 Å². The van der Waals surface area contributed by atoms with Crippen molar-refractivity contribution in [2.75, 3.05) is 45.8 Å². The predicted molar refractivity (Wildman–Crippen MR) is 162 cm³/mol. The number of carbonyl (C=O) groups is 3. The first-order chi connectivity index (χ1) is 18.8. The fraction of sp³-hybridized carbons (Fsp3) is 0.857. The summed E-state index contributed by atoms with van der Waals surface area (Å²) in [5, 5.41) is 28.5. The van der Waals surface area contributed by atoms with Gasteiger partial charge in [0, 0.05) is 53.1 Å². The minimum Gasteiger partial charge on any atom is -0.481 e. The summed E-state index contributed by atoms with van der Waals surface area (Å²) in [6.07, 6.45) is 7.72. The van der Waals surface area contributed by atoms with E-state index in [0.717, 1.165) is 97.2 Å². The van der Waals surface area contributed by atoms with Crippen molar-refractivity contribution >= 4 is 32.2 Å². The van der Waals surface area contributed by atoms with Gasteiger partial charge in [0.15, 0.2) is 8.32 Å². The average Bonchev–Trinajstić information content (AvgIpc) is 2.88. The number of aliphatic carboxylic acids is 1. The molecule has 0 radical (unpaired) electrons. The smallest absolute Gasteiger partial charge is 0.300 e. The number of rotatable bonds is 6. The molecule has 0 spiro atoms.